The normalized spacial score (nSPS) is 19.4. The van der Waals surface area contributed by atoms with Gasteiger partial charge in [0.2, 0.25) is 0 Å². The molecule has 6 nitrogen and oxygen atoms in total. The number of nitrogens with one attached hydrogen (secondary N) is 1. The van der Waals surface area contributed by atoms with Gasteiger partial charge < -0.3 is 25.4 Å². The van der Waals surface area contributed by atoms with Gasteiger partial charge in [0, 0.05) is 32.3 Å². The molecule has 0 aromatic heterocycles. The Bertz CT molecular complexity index is 850. The van der Waals surface area contributed by atoms with Gasteiger partial charge in [-0.3, -0.25) is 4.79 Å². The lowest BCUT2D eigenvalue weighted by Gasteiger charge is -2.38. The van der Waals surface area contributed by atoms with Crippen LogP contribution < -0.4 is 15.8 Å². The van der Waals surface area contributed by atoms with Crippen molar-refractivity contribution >= 4 is 23.2 Å². The van der Waals surface area contributed by atoms with Gasteiger partial charge in [-0.25, -0.2) is 4.39 Å². The maximum absolute atomic E-state index is 12.9. The first-order chi connectivity index (χ1) is 14.5. The number of ether oxygens (including phenoxy) is 2. The Hall–Kier alpha value is -2.35. The summed E-state index contributed by atoms with van der Waals surface area (Å²) in [5.41, 5.74) is 6.63. The second kappa shape index (κ2) is 10.6. The second-order valence-electron chi connectivity index (χ2n) is 7.34. The van der Waals surface area contributed by atoms with Crippen molar-refractivity contribution in [2.45, 2.75) is 25.0 Å². The van der Waals surface area contributed by atoms with Crippen molar-refractivity contribution < 1.29 is 18.7 Å². The number of amides is 1. The number of rotatable bonds is 8. The van der Waals surface area contributed by atoms with Crippen molar-refractivity contribution in [1.29, 1.82) is 0 Å². The summed E-state index contributed by atoms with van der Waals surface area (Å²) in [7, 11) is 1.66. The first kappa shape index (κ1) is 22.3. The molecule has 2 atom stereocenters. The third-order valence-electron chi connectivity index (χ3n) is 5.23. The van der Waals surface area contributed by atoms with E-state index in [1.54, 1.807) is 37.4 Å². The minimum absolute atomic E-state index is 0.0782. The van der Waals surface area contributed by atoms with Crippen LogP contribution in [0.2, 0.25) is 5.02 Å². The van der Waals surface area contributed by atoms with Crippen LogP contribution >= 0.6 is 11.6 Å². The summed E-state index contributed by atoms with van der Waals surface area (Å²) in [5, 5.41) is 3.42. The van der Waals surface area contributed by atoms with Crippen LogP contribution in [0.4, 0.5) is 10.1 Å². The molecule has 3 rings (SSSR count). The highest BCUT2D eigenvalue weighted by Gasteiger charge is 2.30. The van der Waals surface area contributed by atoms with E-state index in [4.69, 9.17) is 26.8 Å². The third kappa shape index (κ3) is 6.08. The molecule has 1 amide bonds. The van der Waals surface area contributed by atoms with E-state index in [1.807, 2.05) is 0 Å². The number of halogens is 2. The summed E-state index contributed by atoms with van der Waals surface area (Å²) in [6.45, 7) is 2.98. The Kier molecular flexibility index (Phi) is 7.90. The molecule has 2 aromatic carbocycles. The van der Waals surface area contributed by atoms with Gasteiger partial charge >= 0.3 is 0 Å². The van der Waals surface area contributed by atoms with Gasteiger partial charge in [-0.15, -0.1) is 0 Å². The van der Waals surface area contributed by atoms with Crippen LogP contribution in [0.3, 0.4) is 0 Å². The molecule has 0 spiro atoms. The topological polar surface area (TPSA) is 76.8 Å². The fraction of sp³-hybridized carbons (Fsp3) is 0.409. The van der Waals surface area contributed by atoms with Crippen molar-refractivity contribution in [3.63, 3.8) is 0 Å². The Morgan fingerprint density at radius 3 is 2.77 bits per heavy atom. The molecule has 1 aliphatic heterocycles. The molecule has 1 heterocycles. The lowest BCUT2D eigenvalue weighted by Crippen LogP contribution is -2.55. The first-order valence-corrected chi connectivity index (χ1v) is 10.3. The van der Waals surface area contributed by atoms with Gasteiger partial charge in [-0.05, 0) is 55.3 Å². The molecule has 1 fully saturated rings. The van der Waals surface area contributed by atoms with Crippen LogP contribution in [0.1, 0.15) is 23.2 Å². The molecule has 0 radical (unpaired) electrons. The van der Waals surface area contributed by atoms with Crippen LogP contribution in [0.5, 0.6) is 5.75 Å². The summed E-state index contributed by atoms with van der Waals surface area (Å²) in [6, 6.07) is 10.8. The van der Waals surface area contributed by atoms with Crippen LogP contribution in [0, 0.1) is 5.82 Å². The largest absolute Gasteiger partial charge is 0.494 e. The number of nitrogens with zero attached hydrogens (tertiary/aromatic N) is 1. The van der Waals surface area contributed by atoms with Gasteiger partial charge in [-0.2, -0.15) is 0 Å². The van der Waals surface area contributed by atoms with E-state index in [-0.39, 0.29) is 23.9 Å². The molecule has 0 unspecified atom stereocenters. The number of hydrogen-bond acceptors (Lipinski definition) is 5. The molecular weight excluding hydrogens is 409 g/mol. The van der Waals surface area contributed by atoms with E-state index < -0.39 is 0 Å². The number of carbonyl (C=O) groups excluding carboxylic acids is 1. The number of anilines is 1. The summed E-state index contributed by atoms with van der Waals surface area (Å²) in [5.74, 6) is 0.197. The highest BCUT2D eigenvalue weighted by atomic mass is 35.5. The zero-order valence-corrected chi connectivity index (χ0v) is 17.7. The number of nitrogens with two attached hydrogens (primary N) is 1. The molecule has 1 saturated heterocycles. The lowest BCUT2D eigenvalue weighted by molar-refractivity contribution is 0.00530. The molecule has 0 bridgehead atoms. The van der Waals surface area contributed by atoms with E-state index in [0.29, 0.717) is 28.6 Å². The van der Waals surface area contributed by atoms with Gasteiger partial charge in [-0.1, -0.05) is 11.6 Å². The fourth-order valence-electron chi connectivity index (χ4n) is 3.52. The van der Waals surface area contributed by atoms with Gasteiger partial charge in [0.15, 0.2) is 0 Å². The zero-order valence-electron chi connectivity index (χ0n) is 16.9. The smallest absolute Gasteiger partial charge is 0.251 e. The minimum atomic E-state index is -0.276. The number of benzene rings is 2. The molecule has 162 valence electrons. The van der Waals surface area contributed by atoms with Crippen LogP contribution in [-0.2, 0) is 4.74 Å². The van der Waals surface area contributed by atoms with Crippen molar-refractivity contribution in [3.8, 4) is 5.75 Å². The van der Waals surface area contributed by atoms with Gasteiger partial charge in [0.25, 0.3) is 5.91 Å². The Balaban J connectivity index is 1.44. The van der Waals surface area contributed by atoms with Crippen molar-refractivity contribution in [2.24, 2.45) is 0 Å². The van der Waals surface area contributed by atoms with Crippen molar-refractivity contribution in [2.75, 3.05) is 39.1 Å². The van der Waals surface area contributed by atoms with Crippen LogP contribution in [0.15, 0.2) is 42.5 Å². The van der Waals surface area contributed by atoms with Gasteiger partial charge in [0.1, 0.15) is 11.6 Å². The number of piperidine rings is 1. The molecule has 3 N–H and O–H groups in total. The SMILES string of the molecule is CO[C@@H]1CN(CCCOc2ccc(F)cc2)CC[C@@H]1NC(=O)c1ccc(N)c(Cl)c1. The highest BCUT2D eigenvalue weighted by Crippen LogP contribution is 2.21. The van der Waals surface area contributed by atoms with Crippen molar-refractivity contribution in [3.05, 3.63) is 58.9 Å². The Labute approximate surface area is 181 Å². The quantitative estimate of drug-likeness (QED) is 0.491. The van der Waals surface area contributed by atoms with Crippen LogP contribution in [0.25, 0.3) is 0 Å². The molecule has 8 heteroatoms. The molecule has 30 heavy (non-hydrogen) atoms. The third-order valence-corrected chi connectivity index (χ3v) is 5.55. The summed E-state index contributed by atoms with van der Waals surface area (Å²) >= 11 is 6.02. The van der Waals surface area contributed by atoms with Crippen molar-refractivity contribution in [1.82, 2.24) is 10.2 Å². The Morgan fingerprint density at radius 1 is 1.30 bits per heavy atom. The summed E-state index contributed by atoms with van der Waals surface area (Å²) in [6.07, 6.45) is 1.52. The van der Waals surface area contributed by atoms with E-state index >= 15 is 0 Å². The molecule has 0 saturated carbocycles. The predicted molar refractivity (Wildman–Crippen MR) is 115 cm³/mol. The first-order valence-electron chi connectivity index (χ1n) is 9.95. The average molecular weight is 436 g/mol. The number of methoxy groups -OCH3 is 1. The zero-order chi connectivity index (χ0) is 21.5. The summed E-state index contributed by atoms with van der Waals surface area (Å²) in [4.78, 5) is 14.9. The van der Waals surface area contributed by atoms with Crippen LogP contribution in [-0.4, -0.2) is 56.3 Å². The maximum atomic E-state index is 12.9. The molecule has 0 aliphatic carbocycles. The summed E-state index contributed by atoms with van der Waals surface area (Å²) < 4.78 is 24.2. The Morgan fingerprint density at radius 2 is 2.07 bits per heavy atom. The standard InChI is InChI=1S/C22H27ClFN3O3/c1-29-21-14-27(10-2-12-30-17-6-4-16(24)5-7-17)11-9-20(21)26-22(28)15-3-8-19(25)18(23)13-15/h3-8,13,20-21H,2,9-12,14,25H2,1H3,(H,26,28)/t20-,21+/m0/s1. The maximum Gasteiger partial charge on any atom is 0.251 e. The van der Waals surface area contributed by atoms with E-state index in [2.05, 4.69) is 10.2 Å². The minimum Gasteiger partial charge on any atom is -0.494 e. The fourth-order valence-corrected chi connectivity index (χ4v) is 3.70. The monoisotopic (exact) mass is 435 g/mol. The number of likely N-dealkylation sites (tertiary alicyclic amines) is 1. The van der Waals surface area contributed by atoms with E-state index in [1.165, 1.54) is 12.1 Å². The predicted octanol–water partition coefficient (Wildman–Crippen LogP) is 3.35. The van der Waals surface area contributed by atoms with E-state index in [9.17, 15) is 9.18 Å². The second-order valence-corrected chi connectivity index (χ2v) is 7.74. The molecule has 1 aliphatic rings. The highest BCUT2D eigenvalue weighted by molar-refractivity contribution is 6.33. The number of nitrogen functional groups attached to an aromatic ring is 1. The number of carbonyl (C=O) groups is 1. The molecule has 2 aromatic rings. The van der Waals surface area contributed by atoms with E-state index in [0.717, 1.165) is 32.5 Å². The van der Waals surface area contributed by atoms with Gasteiger partial charge in [0.05, 0.1) is 29.5 Å². The average Bonchev–Trinajstić information content (AvgIpc) is 2.75. The number of hydrogen-bond donors (Lipinski definition) is 2. The lowest BCUT2D eigenvalue weighted by atomic mass is 10.0. The molecular formula is C22H27ClFN3O3.